The minimum atomic E-state index is -0.835. The standard InChI is InChI=1S/C18H26N2O4/c1-14(2)20(16-9-6-10-19(11-16)12-17(21)22)18(23)24-13-15-7-4-3-5-8-15/h3-5,7-8,14,16H,6,9-13H2,1-2H3,(H,21,22). The molecule has 1 aliphatic rings. The van der Waals surface area contributed by atoms with Crippen LogP contribution in [0.5, 0.6) is 0 Å². The van der Waals surface area contributed by atoms with Crippen LogP contribution in [0.25, 0.3) is 0 Å². The summed E-state index contributed by atoms with van der Waals surface area (Å²) in [5, 5.41) is 8.97. The van der Waals surface area contributed by atoms with Crippen LogP contribution in [0.1, 0.15) is 32.3 Å². The maximum Gasteiger partial charge on any atom is 0.410 e. The third-order valence-corrected chi connectivity index (χ3v) is 4.21. The van der Waals surface area contributed by atoms with E-state index in [2.05, 4.69) is 0 Å². The van der Waals surface area contributed by atoms with Crippen molar-refractivity contribution in [1.29, 1.82) is 0 Å². The summed E-state index contributed by atoms with van der Waals surface area (Å²) in [6.07, 6.45) is 1.41. The molecule has 1 unspecified atom stereocenters. The van der Waals surface area contributed by atoms with E-state index in [0.717, 1.165) is 24.9 Å². The lowest BCUT2D eigenvalue weighted by Gasteiger charge is -2.40. The Bertz CT molecular complexity index is 547. The number of hydrogen-bond donors (Lipinski definition) is 1. The summed E-state index contributed by atoms with van der Waals surface area (Å²) in [5.74, 6) is -0.835. The lowest BCUT2D eigenvalue weighted by Crippen LogP contribution is -2.53. The summed E-state index contributed by atoms with van der Waals surface area (Å²) in [6, 6.07) is 9.57. The van der Waals surface area contributed by atoms with Crippen molar-refractivity contribution in [2.75, 3.05) is 19.6 Å². The number of hydrogen-bond acceptors (Lipinski definition) is 4. The first-order chi connectivity index (χ1) is 11.5. The van der Waals surface area contributed by atoms with Gasteiger partial charge in [-0.25, -0.2) is 4.79 Å². The van der Waals surface area contributed by atoms with E-state index in [4.69, 9.17) is 9.84 Å². The highest BCUT2D eigenvalue weighted by Crippen LogP contribution is 2.19. The number of carbonyl (C=O) groups excluding carboxylic acids is 1. The molecule has 0 spiro atoms. The van der Waals surface area contributed by atoms with Crippen LogP contribution >= 0.6 is 0 Å². The van der Waals surface area contributed by atoms with Gasteiger partial charge in [0.2, 0.25) is 0 Å². The van der Waals surface area contributed by atoms with E-state index in [1.54, 1.807) is 4.90 Å². The number of benzene rings is 1. The van der Waals surface area contributed by atoms with Gasteiger partial charge < -0.3 is 14.7 Å². The van der Waals surface area contributed by atoms with Gasteiger partial charge in [0, 0.05) is 18.6 Å². The average molecular weight is 334 g/mol. The van der Waals surface area contributed by atoms with Crippen LogP contribution in [0.2, 0.25) is 0 Å². The molecule has 132 valence electrons. The zero-order chi connectivity index (χ0) is 17.5. The Morgan fingerprint density at radius 1 is 1.33 bits per heavy atom. The summed E-state index contributed by atoms with van der Waals surface area (Å²) in [6.45, 7) is 5.51. The summed E-state index contributed by atoms with van der Waals surface area (Å²) in [5.41, 5.74) is 0.950. The molecule has 1 N–H and O–H groups in total. The number of ether oxygens (including phenoxy) is 1. The van der Waals surface area contributed by atoms with Gasteiger partial charge in [0.25, 0.3) is 0 Å². The van der Waals surface area contributed by atoms with Crippen LogP contribution in [-0.2, 0) is 16.1 Å². The van der Waals surface area contributed by atoms with E-state index < -0.39 is 5.97 Å². The molecule has 0 bridgehead atoms. The van der Waals surface area contributed by atoms with Crippen LogP contribution in [0.3, 0.4) is 0 Å². The van der Waals surface area contributed by atoms with Crippen LogP contribution < -0.4 is 0 Å². The van der Waals surface area contributed by atoms with E-state index in [0.29, 0.717) is 6.54 Å². The molecule has 6 heteroatoms. The lowest BCUT2D eigenvalue weighted by molar-refractivity contribution is -0.138. The number of aliphatic carboxylic acids is 1. The van der Waals surface area contributed by atoms with Crippen LogP contribution in [-0.4, -0.2) is 58.7 Å². The molecule has 0 radical (unpaired) electrons. The number of likely N-dealkylation sites (tertiary alicyclic amines) is 1. The third kappa shape index (κ3) is 5.23. The van der Waals surface area contributed by atoms with Crippen molar-refractivity contribution in [3.8, 4) is 0 Å². The van der Waals surface area contributed by atoms with Crippen LogP contribution in [0.15, 0.2) is 30.3 Å². The number of nitrogens with zero attached hydrogens (tertiary/aromatic N) is 2. The molecule has 1 heterocycles. The number of carboxylic acids is 1. The van der Waals surface area contributed by atoms with E-state index in [1.165, 1.54) is 0 Å². The smallest absolute Gasteiger partial charge is 0.410 e. The second kappa shape index (κ2) is 8.68. The highest BCUT2D eigenvalue weighted by atomic mass is 16.6. The van der Waals surface area contributed by atoms with Gasteiger partial charge in [-0.2, -0.15) is 0 Å². The van der Waals surface area contributed by atoms with Gasteiger partial charge in [0.05, 0.1) is 6.54 Å². The van der Waals surface area contributed by atoms with Gasteiger partial charge in [-0.05, 0) is 38.8 Å². The predicted molar refractivity (Wildman–Crippen MR) is 90.7 cm³/mol. The maximum atomic E-state index is 12.6. The first kappa shape index (κ1) is 18.3. The molecular formula is C18H26N2O4. The molecule has 1 saturated heterocycles. The van der Waals surface area contributed by atoms with Crippen molar-refractivity contribution in [1.82, 2.24) is 9.80 Å². The largest absolute Gasteiger partial charge is 0.480 e. The molecule has 0 saturated carbocycles. The Morgan fingerprint density at radius 3 is 2.67 bits per heavy atom. The van der Waals surface area contributed by atoms with Crippen molar-refractivity contribution < 1.29 is 19.4 Å². The van der Waals surface area contributed by atoms with Gasteiger partial charge in [-0.1, -0.05) is 30.3 Å². The second-order valence-electron chi connectivity index (χ2n) is 6.47. The highest BCUT2D eigenvalue weighted by Gasteiger charge is 2.31. The van der Waals surface area contributed by atoms with E-state index >= 15 is 0 Å². The Morgan fingerprint density at radius 2 is 2.04 bits per heavy atom. The fourth-order valence-corrected chi connectivity index (χ4v) is 3.17. The van der Waals surface area contributed by atoms with Gasteiger partial charge >= 0.3 is 12.1 Å². The average Bonchev–Trinajstić information content (AvgIpc) is 2.53. The van der Waals surface area contributed by atoms with Crippen molar-refractivity contribution in [3.05, 3.63) is 35.9 Å². The molecule has 1 fully saturated rings. The normalized spacial score (nSPS) is 18.4. The topological polar surface area (TPSA) is 70.1 Å². The highest BCUT2D eigenvalue weighted by molar-refractivity contribution is 5.69. The fraction of sp³-hybridized carbons (Fsp3) is 0.556. The SMILES string of the molecule is CC(C)N(C(=O)OCc1ccccc1)C1CCCN(CC(=O)O)C1. The van der Waals surface area contributed by atoms with E-state index in [9.17, 15) is 9.59 Å². The molecule has 1 amide bonds. The first-order valence-electron chi connectivity index (χ1n) is 8.40. The van der Waals surface area contributed by atoms with Crippen LogP contribution in [0, 0.1) is 0 Å². The Balaban J connectivity index is 1.97. The van der Waals surface area contributed by atoms with Gasteiger partial charge in [0.15, 0.2) is 0 Å². The Labute approximate surface area is 143 Å². The monoisotopic (exact) mass is 334 g/mol. The van der Waals surface area contributed by atoms with Gasteiger partial charge in [-0.15, -0.1) is 0 Å². The van der Waals surface area contributed by atoms with Crippen molar-refractivity contribution >= 4 is 12.1 Å². The Kier molecular flexibility index (Phi) is 6.61. The first-order valence-corrected chi connectivity index (χ1v) is 8.40. The molecule has 0 aliphatic carbocycles. The summed E-state index contributed by atoms with van der Waals surface area (Å²) in [4.78, 5) is 27.1. The van der Waals surface area contributed by atoms with Crippen molar-refractivity contribution in [2.24, 2.45) is 0 Å². The minimum absolute atomic E-state index is 0.00283. The van der Waals surface area contributed by atoms with Crippen molar-refractivity contribution in [2.45, 2.75) is 45.4 Å². The second-order valence-corrected chi connectivity index (χ2v) is 6.47. The quantitative estimate of drug-likeness (QED) is 0.866. The molecule has 24 heavy (non-hydrogen) atoms. The maximum absolute atomic E-state index is 12.6. The van der Waals surface area contributed by atoms with Gasteiger partial charge in [0.1, 0.15) is 6.61 Å². The summed E-state index contributed by atoms with van der Waals surface area (Å²) < 4.78 is 5.47. The number of carboxylic acid groups (broad SMARTS) is 1. The molecule has 1 aromatic carbocycles. The predicted octanol–water partition coefficient (Wildman–Crippen LogP) is 2.58. The molecule has 1 atom stereocenters. The minimum Gasteiger partial charge on any atom is -0.480 e. The zero-order valence-electron chi connectivity index (χ0n) is 14.4. The number of carbonyl (C=O) groups is 2. The zero-order valence-corrected chi connectivity index (χ0v) is 14.4. The number of amides is 1. The summed E-state index contributed by atoms with van der Waals surface area (Å²) >= 11 is 0. The molecule has 2 rings (SSSR count). The fourth-order valence-electron chi connectivity index (χ4n) is 3.17. The molecule has 1 aliphatic heterocycles. The molecule has 6 nitrogen and oxygen atoms in total. The van der Waals surface area contributed by atoms with Crippen molar-refractivity contribution in [3.63, 3.8) is 0 Å². The lowest BCUT2D eigenvalue weighted by atomic mass is 10.0. The van der Waals surface area contributed by atoms with E-state index in [1.807, 2.05) is 49.1 Å². The molecular weight excluding hydrogens is 308 g/mol. The molecule has 0 aromatic heterocycles. The molecule has 1 aromatic rings. The van der Waals surface area contributed by atoms with Gasteiger partial charge in [-0.3, -0.25) is 9.69 Å². The Hall–Kier alpha value is -2.08. The summed E-state index contributed by atoms with van der Waals surface area (Å²) in [7, 11) is 0. The number of rotatable bonds is 6. The third-order valence-electron chi connectivity index (χ3n) is 4.21. The van der Waals surface area contributed by atoms with E-state index in [-0.39, 0.29) is 31.3 Å². The number of piperidine rings is 1. The van der Waals surface area contributed by atoms with Crippen LogP contribution in [0.4, 0.5) is 4.79 Å².